The maximum Gasteiger partial charge on any atom is 0.306 e. The minimum atomic E-state index is -3.74. The molecule has 9 nitrogen and oxygen atoms in total. The maximum absolute atomic E-state index is 12.7. The molecule has 0 saturated carbocycles. The second-order valence-corrected chi connectivity index (χ2v) is 9.70. The van der Waals surface area contributed by atoms with E-state index in [0.29, 0.717) is 15.8 Å². The molecule has 11 heteroatoms. The summed E-state index contributed by atoms with van der Waals surface area (Å²) in [5.74, 6) is -0.423. The molecule has 2 heterocycles. The number of nitrogens with zero attached hydrogens (tertiary/aromatic N) is 3. The van der Waals surface area contributed by atoms with Gasteiger partial charge in [-0.15, -0.1) is 0 Å². The first kappa shape index (κ1) is 22.7. The van der Waals surface area contributed by atoms with Gasteiger partial charge in [-0.2, -0.15) is 23.5 Å². The Kier molecular flexibility index (Phi) is 6.09. The van der Waals surface area contributed by atoms with Crippen LogP contribution in [-0.2, 0) is 14.9 Å². The third kappa shape index (κ3) is 4.83. The number of ether oxygens (including phenoxy) is 1. The smallest absolute Gasteiger partial charge is 0.306 e. The molecule has 2 aromatic carbocycles. The quantitative estimate of drug-likeness (QED) is 0.493. The summed E-state index contributed by atoms with van der Waals surface area (Å²) < 4.78 is 33.5. The summed E-state index contributed by atoms with van der Waals surface area (Å²) in [5.41, 5.74) is 2.50. The zero-order valence-electron chi connectivity index (χ0n) is 18.0. The molecule has 0 aliphatic carbocycles. The van der Waals surface area contributed by atoms with Crippen molar-refractivity contribution in [3.63, 3.8) is 0 Å². The fourth-order valence-corrected chi connectivity index (χ4v) is 4.64. The molecule has 2 aliphatic heterocycles. The average Bonchev–Trinajstić information content (AvgIpc) is 3.16. The Hall–Kier alpha value is -3.44. The van der Waals surface area contributed by atoms with Gasteiger partial charge >= 0.3 is 10.1 Å². The zero-order chi connectivity index (χ0) is 23.8. The Balaban J connectivity index is 1.67. The van der Waals surface area contributed by atoms with E-state index in [1.54, 1.807) is 13.0 Å². The van der Waals surface area contributed by atoms with Gasteiger partial charge in [-0.1, -0.05) is 30.3 Å². The van der Waals surface area contributed by atoms with Gasteiger partial charge in [0.25, 0.3) is 5.91 Å². The van der Waals surface area contributed by atoms with Crippen molar-refractivity contribution < 1.29 is 22.1 Å². The summed E-state index contributed by atoms with van der Waals surface area (Å²) in [6, 6.07) is 12.3. The van der Waals surface area contributed by atoms with Crippen LogP contribution in [0.3, 0.4) is 0 Å². The number of thioether (sulfide) groups is 1. The summed E-state index contributed by atoms with van der Waals surface area (Å²) >= 11 is 1.24. The van der Waals surface area contributed by atoms with Crippen LogP contribution in [-0.4, -0.2) is 48.2 Å². The fourth-order valence-electron chi connectivity index (χ4n) is 3.20. The zero-order valence-corrected chi connectivity index (χ0v) is 19.7. The topological polar surface area (TPSA) is 121 Å². The van der Waals surface area contributed by atoms with Crippen LogP contribution in [0.5, 0.6) is 11.5 Å². The molecule has 0 fully saturated rings. The van der Waals surface area contributed by atoms with Gasteiger partial charge in [-0.25, -0.2) is 0 Å². The van der Waals surface area contributed by atoms with Crippen LogP contribution < -0.4 is 8.92 Å². The van der Waals surface area contributed by atoms with Crippen molar-refractivity contribution in [2.45, 2.75) is 13.8 Å². The molecular weight excluding hydrogens is 464 g/mol. The number of benzene rings is 2. The highest BCUT2D eigenvalue weighted by Gasteiger charge is 2.36. The number of amidine groups is 2. The number of nitrogens with one attached hydrogen (secondary N) is 1. The number of fused-ring (bicyclic) bond motifs is 1. The van der Waals surface area contributed by atoms with Crippen LogP contribution >= 0.6 is 11.8 Å². The van der Waals surface area contributed by atoms with Gasteiger partial charge in [-0.05, 0) is 54.9 Å². The highest BCUT2D eigenvalue weighted by Crippen LogP contribution is 2.33. The molecule has 1 N–H and O–H groups in total. The molecule has 0 saturated heterocycles. The molecule has 2 aromatic rings. The minimum absolute atomic E-state index is 0.0373. The molecule has 0 unspecified atom stereocenters. The van der Waals surface area contributed by atoms with Crippen molar-refractivity contribution in [3.05, 3.63) is 64.7 Å². The van der Waals surface area contributed by atoms with Crippen molar-refractivity contribution in [2.75, 3.05) is 12.9 Å². The number of hydrazone groups is 1. The molecule has 0 radical (unpaired) electrons. The summed E-state index contributed by atoms with van der Waals surface area (Å²) in [7, 11) is -3.74. The van der Waals surface area contributed by atoms with Gasteiger partial charge < -0.3 is 8.92 Å². The molecule has 0 spiro atoms. The number of hydrogen-bond donors (Lipinski definition) is 1. The van der Waals surface area contributed by atoms with E-state index in [9.17, 15) is 13.2 Å². The fraction of sp³-hybridized carbons (Fsp3) is 0.182. The van der Waals surface area contributed by atoms with Crippen LogP contribution in [0.4, 0.5) is 0 Å². The van der Waals surface area contributed by atoms with Gasteiger partial charge in [0, 0.05) is 5.56 Å². The van der Waals surface area contributed by atoms with E-state index in [2.05, 4.69) is 10.1 Å². The molecular formula is C22H20N4O5S2. The van der Waals surface area contributed by atoms with Crippen LogP contribution in [0.1, 0.15) is 23.6 Å². The van der Waals surface area contributed by atoms with E-state index >= 15 is 0 Å². The number of amides is 1. The lowest BCUT2D eigenvalue weighted by Crippen LogP contribution is -2.35. The van der Waals surface area contributed by atoms with Crippen molar-refractivity contribution in [1.29, 1.82) is 5.41 Å². The number of carbonyl (C=O) groups excluding carboxylic acids is 1. The van der Waals surface area contributed by atoms with Crippen molar-refractivity contribution in [1.82, 2.24) is 5.01 Å². The summed E-state index contributed by atoms with van der Waals surface area (Å²) in [5, 5.41) is 15.4. The van der Waals surface area contributed by atoms with Crippen LogP contribution in [0.15, 0.2) is 58.1 Å². The van der Waals surface area contributed by atoms with E-state index in [1.165, 1.54) is 35.0 Å². The van der Waals surface area contributed by atoms with Crippen molar-refractivity contribution >= 4 is 49.9 Å². The van der Waals surface area contributed by atoms with Gasteiger partial charge in [0.2, 0.25) is 5.17 Å². The van der Waals surface area contributed by atoms with Gasteiger partial charge in [-0.3, -0.25) is 10.2 Å². The molecule has 1 amide bonds. The molecule has 2 aliphatic rings. The van der Waals surface area contributed by atoms with E-state index in [4.69, 9.17) is 14.3 Å². The van der Waals surface area contributed by atoms with E-state index in [0.717, 1.165) is 17.4 Å². The van der Waals surface area contributed by atoms with Gasteiger partial charge in [0.15, 0.2) is 17.3 Å². The SMILES string of the molecule is CCOc1cc(C=C2C(=N)N3N=C(c4ccccc4C)SC3=NC2=O)ccc1OS(C)(=O)=O. The van der Waals surface area contributed by atoms with Gasteiger partial charge in [0.05, 0.1) is 18.4 Å². The van der Waals surface area contributed by atoms with Crippen LogP contribution in [0.25, 0.3) is 6.08 Å². The number of aryl methyl sites for hydroxylation is 1. The molecule has 4 rings (SSSR count). The Morgan fingerprint density at radius 2 is 1.94 bits per heavy atom. The van der Waals surface area contributed by atoms with E-state index < -0.39 is 16.0 Å². The molecule has 0 bridgehead atoms. The molecule has 0 atom stereocenters. The number of carbonyl (C=O) groups is 1. The minimum Gasteiger partial charge on any atom is -0.490 e. The number of rotatable bonds is 6. The first-order valence-electron chi connectivity index (χ1n) is 9.89. The monoisotopic (exact) mass is 484 g/mol. The second kappa shape index (κ2) is 8.83. The predicted octanol–water partition coefficient (Wildman–Crippen LogP) is 3.40. The summed E-state index contributed by atoms with van der Waals surface area (Å²) in [6.45, 7) is 4.00. The first-order chi connectivity index (χ1) is 15.7. The number of hydrogen-bond acceptors (Lipinski definition) is 8. The van der Waals surface area contributed by atoms with Crippen molar-refractivity contribution in [2.24, 2.45) is 10.1 Å². The highest BCUT2D eigenvalue weighted by molar-refractivity contribution is 8.27. The Bertz CT molecular complexity index is 1360. The number of aliphatic imine (C=N–C) groups is 1. The van der Waals surface area contributed by atoms with Gasteiger partial charge in [0.1, 0.15) is 5.04 Å². The Morgan fingerprint density at radius 1 is 1.18 bits per heavy atom. The van der Waals surface area contributed by atoms with Crippen molar-refractivity contribution in [3.8, 4) is 11.5 Å². The van der Waals surface area contributed by atoms with Crippen LogP contribution in [0, 0.1) is 12.3 Å². The van der Waals surface area contributed by atoms with Crippen LogP contribution in [0.2, 0.25) is 0 Å². The standard InChI is InChI=1S/C22H20N4O5S2/c1-4-30-18-12-14(9-10-17(18)31-33(3,28)29)11-16-19(23)26-22(24-20(16)27)32-21(25-26)15-8-6-5-7-13(15)2/h5-12,23H,4H2,1-3H3. The lowest BCUT2D eigenvalue weighted by Gasteiger charge is -2.20. The second-order valence-electron chi connectivity index (χ2n) is 7.17. The lowest BCUT2D eigenvalue weighted by atomic mass is 10.1. The normalized spacial score (nSPS) is 17.1. The third-order valence-corrected chi connectivity index (χ3v) is 6.07. The highest BCUT2D eigenvalue weighted by atomic mass is 32.2. The summed E-state index contributed by atoms with van der Waals surface area (Å²) in [6.07, 6.45) is 2.43. The molecule has 170 valence electrons. The molecule has 0 aromatic heterocycles. The predicted molar refractivity (Wildman–Crippen MR) is 128 cm³/mol. The largest absolute Gasteiger partial charge is 0.490 e. The molecule has 33 heavy (non-hydrogen) atoms. The average molecular weight is 485 g/mol. The van der Waals surface area contributed by atoms with E-state index in [-0.39, 0.29) is 29.5 Å². The summed E-state index contributed by atoms with van der Waals surface area (Å²) in [4.78, 5) is 16.8. The van der Waals surface area contributed by atoms with E-state index in [1.807, 2.05) is 31.2 Å². The third-order valence-electron chi connectivity index (χ3n) is 4.65. The first-order valence-corrected chi connectivity index (χ1v) is 12.5. The maximum atomic E-state index is 12.7. The lowest BCUT2D eigenvalue weighted by molar-refractivity contribution is -0.114. The Labute approximate surface area is 195 Å². The Morgan fingerprint density at radius 3 is 2.64 bits per heavy atom.